The van der Waals surface area contributed by atoms with Gasteiger partial charge in [0.05, 0.1) is 12.2 Å². The van der Waals surface area contributed by atoms with Crippen molar-refractivity contribution in [3.63, 3.8) is 0 Å². The van der Waals surface area contributed by atoms with Gasteiger partial charge in [0.25, 0.3) is 5.91 Å². The second-order valence-corrected chi connectivity index (χ2v) is 7.02. The summed E-state index contributed by atoms with van der Waals surface area (Å²) in [5, 5.41) is 0. The molecule has 1 heterocycles. The molecule has 0 atom stereocenters. The maximum absolute atomic E-state index is 13.9. The number of amides is 2. The van der Waals surface area contributed by atoms with Crippen LogP contribution in [0.15, 0.2) is 54.6 Å². The molecule has 1 aliphatic heterocycles. The smallest absolute Gasteiger partial charge is 0.256 e. The quantitative estimate of drug-likeness (QED) is 0.850. The minimum absolute atomic E-state index is 0.0698. The Balaban J connectivity index is 1.67. The molecule has 2 amide bonds. The molecule has 0 aromatic heterocycles. The van der Waals surface area contributed by atoms with Crippen LogP contribution in [0.3, 0.4) is 0 Å². The van der Waals surface area contributed by atoms with Crippen LogP contribution in [0.25, 0.3) is 0 Å². The molecule has 0 aliphatic carbocycles. The van der Waals surface area contributed by atoms with E-state index in [-0.39, 0.29) is 23.8 Å². The van der Waals surface area contributed by atoms with Crippen molar-refractivity contribution in [3.05, 3.63) is 66.0 Å². The summed E-state index contributed by atoms with van der Waals surface area (Å²) < 4.78 is 19.8. The van der Waals surface area contributed by atoms with Crippen LogP contribution in [0, 0.1) is 11.2 Å². The number of halogens is 1. The third-order valence-electron chi connectivity index (χ3n) is 5.05. The van der Waals surface area contributed by atoms with E-state index in [1.807, 2.05) is 30.3 Å². The monoisotopic (exact) mass is 370 g/mol. The van der Waals surface area contributed by atoms with E-state index in [1.165, 1.54) is 12.1 Å². The SMILES string of the molecule is NC(=O)CC1(COc2ccccc2)CCN(C(=O)c2ccccc2F)CC1. The Morgan fingerprint density at radius 1 is 1.04 bits per heavy atom. The zero-order chi connectivity index (χ0) is 19.3. The van der Waals surface area contributed by atoms with Crippen molar-refractivity contribution in [1.29, 1.82) is 0 Å². The summed E-state index contributed by atoms with van der Waals surface area (Å²) in [6.07, 6.45) is 1.34. The first-order chi connectivity index (χ1) is 13.0. The number of carbonyl (C=O) groups is 2. The highest BCUT2D eigenvalue weighted by Crippen LogP contribution is 2.36. The number of hydrogen-bond donors (Lipinski definition) is 1. The Morgan fingerprint density at radius 3 is 2.30 bits per heavy atom. The Bertz CT molecular complexity index is 802. The molecule has 1 aliphatic rings. The Labute approximate surface area is 157 Å². The minimum atomic E-state index is -0.524. The fourth-order valence-corrected chi connectivity index (χ4v) is 3.48. The molecule has 2 N–H and O–H groups in total. The summed E-state index contributed by atoms with van der Waals surface area (Å²) in [4.78, 5) is 25.8. The molecule has 2 aromatic carbocycles. The van der Waals surface area contributed by atoms with E-state index < -0.39 is 11.2 Å². The highest BCUT2D eigenvalue weighted by molar-refractivity contribution is 5.94. The second kappa shape index (κ2) is 8.20. The molecule has 0 saturated carbocycles. The van der Waals surface area contributed by atoms with Gasteiger partial charge in [-0.05, 0) is 37.1 Å². The van der Waals surface area contributed by atoms with Crippen molar-refractivity contribution in [1.82, 2.24) is 4.90 Å². The molecular weight excluding hydrogens is 347 g/mol. The van der Waals surface area contributed by atoms with Crippen LogP contribution >= 0.6 is 0 Å². The first kappa shape index (κ1) is 18.9. The van der Waals surface area contributed by atoms with E-state index in [4.69, 9.17) is 10.5 Å². The van der Waals surface area contributed by atoms with E-state index >= 15 is 0 Å². The summed E-state index contributed by atoms with van der Waals surface area (Å²) >= 11 is 0. The number of nitrogens with two attached hydrogens (primary N) is 1. The van der Waals surface area contributed by atoms with Crippen molar-refractivity contribution in [3.8, 4) is 5.75 Å². The molecule has 2 aromatic rings. The molecule has 5 nitrogen and oxygen atoms in total. The van der Waals surface area contributed by atoms with Gasteiger partial charge in [0.15, 0.2) is 0 Å². The van der Waals surface area contributed by atoms with Crippen LogP contribution in [0.2, 0.25) is 0 Å². The van der Waals surface area contributed by atoms with Gasteiger partial charge in [-0.25, -0.2) is 4.39 Å². The topological polar surface area (TPSA) is 72.6 Å². The van der Waals surface area contributed by atoms with Gasteiger partial charge in [0, 0.05) is 24.9 Å². The summed E-state index contributed by atoms with van der Waals surface area (Å²) in [6, 6.07) is 15.3. The van der Waals surface area contributed by atoms with Crippen LogP contribution in [0.4, 0.5) is 4.39 Å². The van der Waals surface area contributed by atoms with Crippen LogP contribution in [0.5, 0.6) is 5.75 Å². The van der Waals surface area contributed by atoms with Gasteiger partial charge >= 0.3 is 0 Å². The number of piperidine rings is 1. The van der Waals surface area contributed by atoms with E-state index in [0.29, 0.717) is 32.5 Å². The van der Waals surface area contributed by atoms with E-state index in [2.05, 4.69) is 0 Å². The van der Waals surface area contributed by atoms with Gasteiger partial charge in [0.1, 0.15) is 11.6 Å². The number of ether oxygens (including phenoxy) is 1. The summed E-state index contributed by atoms with van der Waals surface area (Å²) in [7, 11) is 0. The van der Waals surface area contributed by atoms with Crippen molar-refractivity contribution in [2.24, 2.45) is 11.1 Å². The van der Waals surface area contributed by atoms with Crippen molar-refractivity contribution in [2.75, 3.05) is 19.7 Å². The third kappa shape index (κ3) is 4.64. The first-order valence-electron chi connectivity index (χ1n) is 8.99. The zero-order valence-electron chi connectivity index (χ0n) is 15.1. The highest BCUT2D eigenvalue weighted by atomic mass is 19.1. The summed E-state index contributed by atoms with van der Waals surface area (Å²) in [5.74, 6) is -0.514. The standard InChI is InChI=1S/C21H23FN2O3/c22-18-9-5-4-8-17(18)20(26)24-12-10-21(11-13-24,14-19(23)25)15-27-16-6-2-1-3-7-16/h1-9H,10-15H2,(H2,23,25). The van der Waals surface area contributed by atoms with Gasteiger partial charge in [0.2, 0.25) is 5.91 Å². The van der Waals surface area contributed by atoms with E-state index in [9.17, 15) is 14.0 Å². The Morgan fingerprint density at radius 2 is 1.67 bits per heavy atom. The van der Waals surface area contributed by atoms with Crippen LogP contribution in [-0.2, 0) is 4.79 Å². The van der Waals surface area contributed by atoms with Crippen molar-refractivity contribution < 1.29 is 18.7 Å². The normalized spacial score (nSPS) is 16.0. The fourth-order valence-electron chi connectivity index (χ4n) is 3.48. The molecule has 0 bridgehead atoms. The molecule has 142 valence electrons. The maximum Gasteiger partial charge on any atom is 0.256 e. The molecule has 27 heavy (non-hydrogen) atoms. The highest BCUT2D eigenvalue weighted by Gasteiger charge is 2.38. The number of benzene rings is 2. The molecule has 0 radical (unpaired) electrons. The first-order valence-corrected chi connectivity index (χ1v) is 8.99. The van der Waals surface area contributed by atoms with Crippen LogP contribution in [0.1, 0.15) is 29.6 Å². The van der Waals surface area contributed by atoms with E-state index in [1.54, 1.807) is 17.0 Å². The van der Waals surface area contributed by atoms with Gasteiger partial charge in [-0.2, -0.15) is 0 Å². The molecular formula is C21H23FN2O3. The number of rotatable bonds is 6. The maximum atomic E-state index is 13.9. The summed E-state index contributed by atoms with van der Waals surface area (Å²) in [6.45, 7) is 1.21. The number of primary amides is 1. The molecule has 3 rings (SSSR count). The number of likely N-dealkylation sites (tertiary alicyclic amines) is 1. The Kier molecular flexibility index (Phi) is 5.74. The lowest BCUT2D eigenvalue weighted by Crippen LogP contribution is -2.47. The molecule has 0 unspecified atom stereocenters. The van der Waals surface area contributed by atoms with Crippen LogP contribution in [-0.4, -0.2) is 36.4 Å². The fraction of sp³-hybridized carbons (Fsp3) is 0.333. The van der Waals surface area contributed by atoms with Gasteiger partial charge < -0.3 is 15.4 Å². The Hall–Kier alpha value is -2.89. The predicted octanol–water partition coefficient (Wildman–Crippen LogP) is 3.00. The lowest BCUT2D eigenvalue weighted by Gasteiger charge is -2.41. The molecule has 0 spiro atoms. The van der Waals surface area contributed by atoms with Gasteiger partial charge in [-0.3, -0.25) is 9.59 Å². The zero-order valence-corrected chi connectivity index (χ0v) is 15.1. The average molecular weight is 370 g/mol. The molecule has 6 heteroatoms. The largest absolute Gasteiger partial charge is 0.493 e. The number of para-hydroxylation sites is 1. The number of hydrogen-bond acceptors (Lipinski definition) is 3. The van der Waals surface area contributed by atoms with Crippen molar-refractivity contribution >= 4 is 11.8 Å². The molecule has 1 saturated heterocycles. The lowest BCUT2D eigenvalue weighted by molar-refractivity contribution is -0.121. The predicted molar refractivity (Wildman–Crippen MR) is 99.7 cm³/mol. The second-order valence-electron chi connectivity index (χ2n) is 7.02. The lowest BCUT2D eigenvalue weighted by atomic mass is 9.76. The van der Waals surface area contributed by atoms with Crippen molar-refractivity contribution in [2.45, 2.75) is 19.3 Å². The molecule has 1 fully saturated rings. The van der Waals surface area contributed by atoms with E-state index in [0.717, 1.165) is 5.75 Å². The summed E-state index contributed by atoms with van der Waals surface area (Å²) in [5.41, 5.74) is 5.11. The van der Waals surface area contributed by atoms with Crippen LogP contribution < -0.4 is 10.5 Å². The minimum Gasteiger partial charge on any atom is -0.493 e. The van der Waals surface area contributed by atoms with Gasteiger partial charge in [-0.15, -0.1) is 0 Å². The number of nitrogens with zero attached hydrogens (tertiary/aromatic N) is 1. The third-order valence-corrected chi connectivity index (χ3v) is 5.05. The average Bonchev–Trinajstić information content (AvgIpc) is 2.67. The number of carbonyl (C=O) groups excluding carboxylic acids is 2. The van der Waals surface area contributed by atoms with Gasteiger partial charge in [-0.1, -0.05) is 30.3 Å².